The van der Waals surface area contributed by atoms with Gasteiger partial charge in [0.05, 0.1) is 16.4 Å². The summed E-state index contributed by atoms with van der Waals surface area (Å²) in [5, 5.41) is 8.94. The Balaban J connectivity index is 2.22. The number of nitrogens with zero attached hydrogens (tertiary/aromatic N) is 3. The van der Waals surface area contributed by atoms with Gasteiger partial charge in [-0.25, -0.2) is 0 Å². The number of aryl methyl sites for hydroxylation is 2. The van der Waals surface area contributed by atoms with Crippen LogP contribution in [0.5, 0.6) is 0 Å². The smallest absolute Gasteiger partial charge is 0.0860 e. The first-order valence-corrected chi connectivity index (χ1v) is 8.01. The molecule has 0 spiro atoms. The number of aromatic nitrogens is 2. The molecule has 1 N–H and O–H groups in total. The maximum atomic E-state index is 6.45. The fourth-order valence-corrected chi connectivity index (χ4v) is 3.25. The van der Waals surface area contributed by atoms with E-state index in [0.717, 1.165) is 42.6 Å². The lowest BCUT2D eigenvalue weighted by atomic mass is 9.98. The molecule has 4 nitrogen and oxygen atoms in total. The van der Waals surface area contributed by atoms with Gasteiger partial charge in [0, 0.05) is 38.3 Å². The fraction of sp³-hybridized carbons (Fsp3) is 0.800. The molecule has 20 heavy (non-hydrogen) atoms. The molecule has 2 rings (SSSR count). The number of hydrogen-bond donors (Lipinski definition) is 1. The SMILES string of the molecule is CCn1nc(C)c(Cl)c1CN1CC(C)NCC1C(C)C. The van der Waals surface area contributed by atoms with Crippen LogP contribution in [0.4, 0.5) is 0 Å². The third kappa shape index (κ3) is 3.18. The first-order chi connectivity index (χ1) is 9.43. The Labute approximate surface area is 127 Å². The average Bonchev–Trinajstić information content (AvgIpc) is 2.66. The third-order valence-electron chi connectivity index (χ3n) is 4.23. The lowest BCUT2D eigenvalue weighted by molar-refractivity contribution is 0.0928. The van der Waals surface area contributed by atoms with Crippen molar-refractivity contribution < 1.29 is 0 Å². The van der Waals surface area contributed by atoms with E-state index in [2.05, 4.69) is 43.0 Å². The van der Waals surface area contributed by atoms with Gasteiger partial charge in [-0.05, 0) is 26.7 Å². The number of halogens is 1. The summed E-state index contributed by atoms with van der Waals surface area (Å²) in [7, 11) is 0. The summed E-state index contributed by atoms with van der Waals surface area (Å²) in [5.74, 6) is 0.632. The molecule has 1 aliphatic heterocycles. The maximum Gasteiger partial charge on any atom is 0.0860 e. The second-order valence-corrected chi connectivity index (χ2v) is 6.59. The molecular formula is C15H27ClN4. The molecule has 0 aromatic carbocycles. The minimum atomic E-state index is 0.530. The van der Waals surface area contributed by atoms with Crippen LogP contribution >= 0.6 is 11.6 Å². The Morgan fingerprint density at radius 2 is 2.15 bits per heavy atom. The molecule has 1 saturated heterocycles. The van der Waals surface area contributed by atoms with E-state index in [-0.39, 0.29) is 0 Å². The van der Waals surface area contributed by atoms with Crippen LogP contribution < -0.4 is 5.32 Å². The summed E-state index contributed by atoms with van der Waals surface area (Å²) in [4.78, 5) is 2.56. The molecule has 0 bridgehead atoms. The van der Waals surface area contributed by atoms with Crippen LogP contribution in [0.3, 0.4) is 0 Å². The highest BCUT2D eigenvalue weighted by atomic mass is 35.5. The number of hydrogen-bond acceptors (Lipinski definition) is 3. The molecule has 2 atom stereocenters. The van der Waals surface area contributed by atoms with Crippen LogP contribution in [-0.2, 0) is 13.1 Å². The molecule has 1 fully saturated rings. The molecule has 5 heteroatoms. The van der Waals surface area contributed by atoms with Crippen LogP contribution in [-0.4, -0.2) is 39.9 Å². The highest BCUT2D eigenvalue weighted by molar-refractivity contribution is 6.31. The summed E-state index contributed by atoms with van der Waals surface area (Å²) in [6, 6.07) is 1.09. The Bertz CT molecular complexity index is 455. The monoisotopic (exact) mass is 298 g/mol. The van der Waals surface area contributed by atoms with Crippen molar-refractivity contribution in [2.45, 2.75) is 59.8 Å². The van der Waals surface area contributed by atoms with Gasteiger partial charge in [0.2, 0.25) is 0 Å². The second kappa shape index (κ2) is 6.46. The van der Waals surface area contributed by atoms with Gasteiger partial charge in [-0.1, -0.05) is 25.4 Å². The van der Waals surface area contributed by atoms with Gasteiger partial charge < -0.3 is 5.32 Å². The van der Waals surface area contributed by atoms with E-state index in [1.807, 2.05) is 11.6 Å². The molecule has 1 aromatic rings. The van der Waals surface area contributed by atoms with Gasteiger partial charge in [-0.2, -0.15) is 5.10 Å². The quantitative estimate of drug-likeness (QED) is 0.928. The molecule has 2 heterocycles. The zero-order valence-electron chi connectivity index (χ0n) is 13.3. The summed E-state index contributed by atoms with van der Waals surface area (Å²) in [5.41, 5.74) is 2.10. The first-order valence-electron chi connectivity index (χ1n) is 7.63. The van der Waals surface area contributed by atoms with Crippen LogP contribution in [0, 0.1) is 12.8 Å². The molecule has 0 amide bonds. The summed E-state index contributed by atoms with van der Waals surface area (Å²) in [6.07, 6.45) is 0. The molecule has 1 aliphatic rings. The first kappa shape index (κ1) is 15.8. The van der Waals surface area contributed by atoms with E-state index in [9.17, 15) is 0 Å². The number of nitrogens with one attached hydrogen (secondary N) is 1. The fourth-order valence-electron chi connectivity index (χ4n) is 3.05. The zero-order chi connectivity index (χ0) is 14.9. The predicted molar refractivity (Wildman–Crippen MR) is 84.1 cm³/mol. The molecular weight excluding hydrogens is 272 g/mol. The molecule has 114 valence electrons. The summed E-state index contributed by atoms with van der Waals surface area (Å²) < 4.78 is 2.04. The van der Waals surface area contributed by atoms with Gasteiger partial charge in [0.25, 0.3) is 0 Å². The minimum absolute atomic E-state index is 0.530. The van der Waals surface area contributed by atoms with Crippen molar-refractivity contribution in [2.75, 3.05) is 13.1 Å². The van der Waals surface area contributed by atoms with E-state index in [0.29, 0.717) is 18.0 Å². The largest absolute Gasteiger partial charge is 0.311 e. The number of piperazine rings is 1. The van der Waals surface area contributed by atoms with Crippen molar-refractivity contribution in [1.82, 2.24) is 20.0 Å². The van der Waals surface area contributed by atoms with E-state index in [1.165, 1.54) is 0 Å². The highest BCUT2D eigenvalue weighted by Crippen LogP contribution is 2.25. The van der Waals surface area contributed by atoms with Crippen molar-refractivity contribution in [1.29, 1.82) is 0 Å². The van der Waals surface area contributed by atoms with E-state index < -0.39 is 0 Å². The van der Waals surface area contributed by atoms with Crippen LogP contribution in [0.15, 0.2) is 0 Å². The van der Waals surface area contributed by atoms with Gasteiger partial charge in [-0.3, -0.25) is 9.58 Å². The second-order valence-electron chi connectivity index (χ2n) is 6.21. The third-order valence-corrected chi connectivity index (χ3v) is 4.72. The topological polar surface area (TPSA) is 33.1 Å². The standard InChI is InChI=1S/C15H27ClN4/c1-6-20-14(15(16)12(5)18-20)9-19-8-11(4)17-7-13(19)10(2)3/h10-11,13,17H,6-9H2,1-5H3. The Hall–Kier alpha value is -0.580. The predicted octanol–water partition coefficient (Wildman–Crippen LogP) is 2.68. The average molecular weight is 299 g/mol. The van der Waals surface area contributed by atoms with Crippen LogP contribution in [0.2, 0.25) is 5.02 Å². The zero-order valence-corrected chi connectivity index (χ0v) is 14.0. The lowest BCUT2D eigenvalue weighted by Gasteiger charge is -2.41. The van der Waals surface area contributed by atoms with Gasteiger partial charge in [-0.15, -0.1) is 0 Å². The molecule has 1 aromatic heterocycles. The Morgan fingerprint density at radius 3 is 2.75 bits per heavy atom. The molecule has 0 radical (unpaired) electrons. The lowest BCUT2D eigenvalue weighted by Crippen LogP contribution is -2.56. The summed E-state index contributed by atoms with van der Waals surface area (Å²) in [6.45, 7) is 14.8. The highest BCUT2D eigenvalue weighted by Gasteiger charge is 2.29. The molecule has 2 unspecified atom stereocenters. The van der Waals surface area contributed by atoms with E-state index >= 15 is 0 Å². The summed E-state index contributed by atoms with van der Waals surface area (Å²) >= 11 is 6.45. The van der Waals surface area contributed by atoms with E-state index in [1.54, 1.807) is 0 Å². The minimum Gasteiger partial charge on any atom is -0.311 e. The van der Waals surface area contributed by atoms with Gasteiger partial charge >= 0.3 is 0 Å². The van der Waals surface area contributed by atoms with E-state index in [4.69, 9.17) is 11.6 Å². The van der Waals surface area contributed by atoms with Crippen molar-refractivity contribution >= 4 is 11.6 Å². The van der Waals surface area contributed by atoms with Gasteiger partial charge in [0.1, 0.15) is 0 Å². The normalized spacial score (nSPS) is 24.6. The maximum absolute atomic E-state index is 6.45. The number of rotatable bonds is 4. The molecule has 0 aliphatic carbocycles. The van der Waals surface area contributed by atoms with Gasteiger partial charge in [0.15, 0.2) is 0 Å². The van der Waals surface area contributed by atoms with Crippen molar-refractivity contribution in [3.8, 4) is 0 Å². The Kier molecular flexibility index (Phi) is 5.10. The Morgan fingerprint density at radius 1 is 1.45 bits per heavy atom. The van der Waals surface area contributed by atoms with Crippen molar-refractivity contribution in [2.24, 2.45) is 5.92 Å². The van der Waals surface area contributed by atoms with Crippen molar-refractivity contribution in [3.05, 3.63) is 16.4 Å². The molecule has 0 saturated carbocycles. The van der Waals surface area contributed by atoms with Crippen LogP contribution in [0.25, 0.3) is 0 Å². The van der Waals surface area contributed by atoms with Crippen LogP contribution in [0.1, 0.15) is 39.1 Å². The van der Waals surface area contributed by atoms with Crippen molar-refractivity contribution in [3.63, 3.8) is 0 Å².